The van der Waals surface area contributed by atoms with E-state index in [1.165, 1.54) is 0 Å². The topological polar surface area (TPSA) is 64.3 Å². The molecule has 1 aromatic rings. The number of halogens is 1. The lowest BCUT2D eigenvalue weighted by atomic mass is 9.94. The van der Waals surface area contributed by atoms with Crippen molar-refractivity contribution in [3.63, 3.8) is 0 Å². The minimum absolute atomic E-state index is 0. The van der Waals surface area contributed by atoms with Crippen LogP contribution in [-0.4, -0.2) is 24.6 Å². The molecule has 3 N–H and O–H groups in total. The molecule has 1 atom stereocenters. The molecule has 106 valence electrons. The molecule has 0 spiro atoms. The third kappa shape index (κ3) is 3.85. The SMILES string of the molecule is CC(C)(CN)NC(=O)C1COc2ccccc2C1.Cl. The first kappa shape index (κ1) is 15.8. The zero-order valence-corrected chi connectivity index (χ0v) is 12.1. The number of rotatable bonds is 3. The van der Waals surface area contributed by atoms with E-state index in [-0.39, 0.29) is 29.8 Å². The third-order valence-electron chi connectivity index (χ3n) is 3.22. The lowest BCUT2D eigenvalue weighted by Crippen LogP contribution is -2.52. The molecule has 4 nitrogen and oxygen atoms in total. The van der Waals surface area contributed by atoms with E-state index in [9.17, 15) is 4.79 Å². The average molecular weight is 285 g/mol. The highest BCUT2D eigenvalue weighted by Crippen LogP contribution is 2.27. The van der Waals surface area contributed by atoms with Crippen LogP contribution in [-0.2, 0) is 11.2 Å². The fourth-order valence-electron chi connectivity index (χ4n) is 1.98. The van der Waals surface area contributed by atoms with Gasteiger partial charge in [-0.1, -0.05) is 18.2 Å². The Kier molecular flexibility index (Phi) is 5.20. The summed E-state index contributed by atoms with van der Waals surface area (Å²) in [6.07, 6.45) is 0.725. The molecule has 0 bridgehead atoms. The normalized spacial score (nSPS) is 17.7. The number of nitrogens with one attached hydrogen (secondary N) is 1. The summed E-state index contributed by atoms with van der Waals surface area (Å²) in [5.41, 5.74) is 6.34. The first-order chi connectivity index (χ1) is 8.52. The molecule has 0 aliphatic carbocycles. The van der Waals surface area contributed by atoms with Crippen molar-refractivity contribution in [3.8, 4) is 5.75 Å². The molecule has 1 heterocycles. The van der Waals surface area contributed by atoms with Gasteiger partial charge in [0.15, 0.2) is 0 Å². The summed E-state index contributed by atoms with van der Waals surface area (Å²) < 4.78 is 5.61. The highest BCUT2D eigenvalue weighted by atomic mass is 35.5. The van der Waals surface area contributed by atoms with Crippen LogP contribution in [0.1, 0.15) is 19.4 Å². The highest BCUT2D eigenvalue weighted by Gasteiger charge is 2.29. The first-order valence-corrected chi connectivity index (χ1v) is 6.24. The number of hydrogen-bond donors (Lipinski definition) is 2. The second kappa shape index (κ2) is 6.26. The summed E-state index contributed by atoms with van der Waals surface area (Å²) in [5, 5.41) is 2.96. The van der Waals surface area contributed by atoms with Crippen LogP contribution in [0.3, 0.4) is 0 Å². The summed E-state index contributed by atoms with van der Waals surface area (Å²) in [6, 6.07) is 7.85. The third-order valence-corrected chi connectivity index (χ3v) is 3.22. The predicted octanol–water partition coefficient (Wildman–Crippen LogP) is 1.51. The number of carbonyl (C=O) groups excluding carboxylic acids is 1. The molecule has 1 unspecified atom stereocenters. The number of fused-ring (bicyclic) bond motifs is 1. The fraction of sp³-hybridized carbons (Fsp3) is 0.500. The number of carbonyl (C=O) groups is 1. The Balaban J connectivity index is 0.00000180. The first-order valence-electron chi connectivity index (χ1n) is 6.24. The van der Waals surface area contributed by atoms with Crippen LogP contribution < -0.4 is 15.8 Å². The van der Waals surface area contributed by atoms with Crippen LogP contribution in [0.25, 0.3) is 0 Å². The van der Waals surface area contributed by atoms with E-state index in [1.54, 1.807) is 0 Å². The zero-order chi connectivity index (χ0) is 13.2. The van der Waals surface area contributed by atoms with Gasteiger partial charge in [-0.25, -0.2) is 0 Å². The highest BCUT2D eigenvalue weighted by molar-refractivity contribution is 5.85. The molecular formula is C14H21ClN2O2. The molecule has 0 aromatic heterocycles. The predicted molar refractivity (Wildman–Crippen MR) is 77.7 cm³/mol. The van der Waals surface area contributed by atoms with Gasteiger partial charge in [-0.05, 0) is 31.9 Å². The van der Waals surface area contributed by atoms with Gasteiger partial charge in [0.1, 0.15) is 12.4 Å². The molecule has 0 saturated carbocycles. The Hall–Kier alpha value is -1.26. The molecular weight excluding hydrogens is 264 g/mol. The van der Waals surface area contributed by atoms with Crippen molar-refractivity contribution >= 4 is 18.3 Å². The summed E-state index contributed by atoms with van der Waals surface area (Å²) in [4.78, 5) is 12.1. The maximum atomic E-state index is 12.1. The molecule has 0 radical (unpaired) electrons. The number of benzene rings is 1. The molecule has 2 rings (SSSR count). The van der Waals surface area contributed by atoms with E-state index in [0.717, 1.165) is 17.7 Å². The quantitative estimate of drug-likeness (QED) is 0.884. The Bertz CT molecular complexity index is 449. The van der Waals surface area contributed by atoms with E-state index in [0.29, 0.717) is 13.2 Å². The number of hydrogen-bond acceptors (Lipinski definition) is 3. The second-order valence-electron chi connectivity index (χ2n) is 5.40. The number of nitrogens with two attached hydrogens (primary N) is 1. The van der Waals surface area contributed by atoms with E-state index in [2.05, 4.69) is 5.32 Å². The molecule has 5 heteroatoms. The molecule has 1 amide bonds. The molecule has 0 fully saturated rings. The van der Waals surface area contributed by atoms with Crippen molar-refractivity contribution in [2.24, 2.45) is 11.7 Å². The lowest BCUT2D eigenvalue weighted by molar-refractivity contribution is -0.127. The van der Waals surface area contributed by atoms with Crippen molar-refractivity contribution in [3.05, 3.63) is 29.8 Å². The number of para-hydroxylation sites is 1. The van der Waals surface area contributed by atoms with Gasteiger partial charge in [-0.3, -0.25) is 4.79 Å². The Labute approximate surface area is 120 Å². The summed E-state index contributed by atoms with van der Waals surface area (Å²) >= 11 is 0. The largest absolute Gasteiger partial charge is 0.492 e. The minimum Gasteiger partial charge on any atom is -0.492 e. The molecule has 1 aromatic carbocycles. The monoisotopic (exact) mass is 284 g/mol. The average Bonchev–Trinajstić information content (AvgIpc) is 2.37. The van der Waals surface area contributed by atoms with Gasteiger partial charge < -0.3 is 15.8 Å². The lowest BCUT2D eigenvalue weighted by Gasteiger charge is -2.29. The van der Waals surface area contributed by atoms with Crippen LogP contribution >= 0.6 is 12.4 Å². The van der Waals surface area contributed by atoms with Crippen molar-refractivity contribution in [1.29, 1.82) is 0 Å². The van der Waals surface area contributed by atoms with E-state index in [4.69, 9.17) is 10.5 Å². The van der Waals surface area contributed by atoms with Gasteiger partial charge in [-0.2, -0.15) is 0 Å². The van der Waals surface area contributed by atoms with Crippen LogP contribution in [0.4, 0.5) is 0 Å². The van der Waals surface area contributed by atoms with Crippen molar-refractivity contribution in [1.82, 2.24) is 5.32 Å². The van der Waals surface area contributed by atoms with Crippen LogP contribution in [0.5, 0.6) is 5.75 Å². The van der Waals surface area contributed by atoms with Crippen molar-refractivity contribution in [2.75, 3.05) is 13.2 Å². The summed E-state index contributed by atoms with van der Waals surface area (Å²) in [5.74, 6) is 0.769. The smallest absolute Gasteiger partial charge is 0.227 e. The standard InChI is InChI=1S/C14H20N2O2.ClH/c1-14(2,9-15)16-13(17)11-7-10-5-3-4-6-12(10)18-8-11;/h3-6,11H,7-9,15H2,1-2H3,(H,16,17);1H. The molecule has 1 aliphatic rings. The van der Waals surface area contributed by atoms with E-state index >= 15 is 0 Å². The maximum Gasteiger partial charge on any atom is 0.227 e. The summed E-state index contributed by atoms with van der Waals surface area (Å²) in [6.45, 7) is 4.69. The molecule has 1 aliphatic heterocycles. The second-order valence-corrected chi connectivity index (χ2v) is 5.40. The number of amides is 1. The van der Waals surface area contributed by atoms with Gasteiger partial charge in [-0.15, -0.1) is 12.4 Å². The van der Waals surface area contributed by atoms with Crippen LogP contribution in [0.2, 0.25) is 0 Å². The zero-order valence-electron chi connectivity index (χ0n) is 11.3. The van der Waals surface area contributed by atoms with Gasteiger partial charge >= 0.3 is 0 Å². The Morgan fingerprint density at radius 2 is 2.16 bits per heavy atom. The van der Waals surface area contributed by atoms with Crippen molar-refractivity contribution in [2.45, 2.75) is 25.8 Å². The van der Waals surface area contributed by atoms with Gasteiger partial charge in [0, 0.05) is 12.1 Å². The van der Waals surface area contributed by atoms with Gasteiger partial charge in [0.2, 0.25) is 5.91 Å². The van der Waals surface area contributed by atoms with Crippen LogP contribution in [0.15, 0.2) is 24.3 Å². The molecule has 19 heavy (non-hydrogen) atoms. The molecule has 0 saturated heterocycles. The number of ether oxygens (including phenoxy) is 1. The fourth-order valence-corrected chi connectivity index (χ4v) is 1.98. The Morgan fingerprint density at radius 1 is 1.47 bits per heavy atom. The summed E-state index contributed by atoms with van der Waals surface area (Å²) in [7, 11) is 0. The Morgan fingerprint density at radius 3 is 2.84 bits per heavy atom. The van der Waals surface area contributed by atoms with Crippen molar-refractivity contribution < 1.29 is 9.53 Å². The van der Waals surface area contributed by atoms with E-state index < -0.39 is 0 Å². The maximum absolute atomic E-state index is 12.1. The van der Waals surface area contributed by atoms with Gasteiger partial charge in [0.05, 0.1) is 5.92 Å². The van der Waals surface area contributed by atoms with E-state index in [1.807, 2.05) is 38.1 Å². The minimum atomic E-state index is -0.367. The van der Waals surface area contributed by atoms with Gasteiger partial charge in [0.25, 0.3) is 0 Å². The van der Waals surface area contributed by atoms with Crippen LogP contribution in [0, 0.1) is 5.92 Å².